The molecule has 6 heteroatoms. The van der Waals surface area contributed by atoms with Crippen LogP contribution in [0.25, 0.3) is 0 Å². The lowest BCUT2D eigenvalue weighted by molar-refractivity contribution is -0.122. The quantitative estimate of drug-likeness (QED) is 0.830. The van der Waals surface area contributed by atoms with E-state index in [0.717, 1.165) is 13.1 Å². The Bertz CT molecular complexity index is 580. The van der Waals surface area contributed by atoms with Gasteiger partial charge in [0, 0.05) is 26.2 Å². The van der Waals surface area contributed by atoms with Crippen LogP contribution in [-0.4, -0.2) is 60.9 Å². The van der Waals surface area contributed by atoms with Gasteiger partial charge >= 0.3 is 0 Å². The van der Waals surface area contributed by atoms with Crippen LogP contribution in [-0.2, 0) is 4.79 Å². The number of anilines is 1. The van der Waals surface area contributed by atoms with Crippen LogP contribution < -0.4 is 10.1 Å². The fourth-order valence-corrected chi connectivity index (χ4v) is 2.58. The van der Waals surface area contributed by atoms with Crippen molar-refractivity contribution >= 4 is 17.5 Å². The molecule has 21 heavy (non-hydrogen) atoms. The third kappa shape index (κ3) is 2.58. The fourth-order valence-electron chi connectivity index (χ4n) is 2.58. The Labute approximate surface area is 123 Å². The van der Waals surface area contributed by atoms with Crippen molar-refractivity contribution in [3.05, 3.63) is 23.8 Å². The molecule has 1 saturated heterocycles. The van der Waals surface area contributed by atoms with Crippen molar-refractivity contribution in [3.63, 3.8) is 0 Å². The summed E-state index contributed by atoms with van der Waals surface area (Å²) in [5.41, 5.74) is 1.09. The van der Waals surface area contributed by atoms with Gasteiger partial charge in [0.05, 0.1) is 11.3 Å². The van der Waals surface area contributed by atoms with E-state index in [0.29, 0.717) is 30.1 Å². The van der Waals surface area contributed by atoms with E-state index in [4.69, 9.17) is 4.74 Å². The molecule has 112 valence electrons. The predicted octanol–water partition coefficient (Wildman–Crippen LogP) is 0.794. The van der Waals surface area contributed by atoms with Gasteiger partial charge in [0.15, 0.2) is 11.9 Å². The maximum atomic E-state index is 12.7. The average Bonchev–Trinajstić information content (AvgIpc) is 2.48. The number of likely N-dealkylation sites (N-methyl/N-ethyl adjacent to an activating group) is 1. The number of carbonyl (C=O) groups is 2. The fraction of sp³-hybridized carbons (Fsp3) is 0.467. The van der Waals surface area contributed by atoms with Crippen LogP contribution in [0.2, 0.25) is 0 Å². The molecular weight excluding hydrogens is 270 g/mol. The van der Waals surface area contributed by atoms with E-state index in [1.807, 2.05) is 11.9 Å². The number of amides is 2. The maximum Gasteiger partial charge on any atom is 0.265 e. The van der Waals surface area contributed by atoms with E-state index in [9.17, 15) is 9.59 Å². The number of piperazine rings is 1. The molecule has 0 saturated carbocycles. The Morgan fingerprint density at radius 3 is 2.71 bits per heavy atom. The topological polar surface area (TPSA) is 61.9 Å². The summed E-state index contributed by atoms with van der Waals surface area (Å²) in [6, 6.07) is 5.27. The van der Waals surface area contributed by atoms with E-state index in [1.165, 1.54) is 0 Å². The zero-order valence-electron chi connectivity index (χ0n) is 12.3. The second kappa shape index (κ2) is 5.37. The lowest BCUT2D eigenvalue weighted by Gasteiger charge is -2.33. The van der Waals surface area contributed by atoms with Crippen molar-refractivity contribution in [3.8, 4) is 5.75 Å². The molecule has 2 aliphatic heterocycles. The van der Waals surface area contributed by atoms with Crippen LogP contribution in [0, 0.1) is 0 Å². The lowest BCUT2D eigenvalue weighted by Crippen LogP contribution is -2.47. The largest absolute Gasteiger partial charge is 0.478 e. The van der Waals surface area contributed by atoms with Crippen LogP contribution in [0.1, 0.15) is 17.3 Å². The Morgan fingerprint density at radius 2 is 2.00 bits per heavy atom. The highest BCUT2D eigenvalue weighted by atomic mass is 16.5. The highest BCUT2D eigenvalue weighted by Gasteiger charge is 2.30. The standard InChI is InChI=1S/C15H19N3O3/c1-10-14(19)16-12-5-3-4-11(13(12)21-10)15(20)18-8-6-17(2)7-9-18/h3-5,10H,6-9H2,1-2H3,(H,16,19). The number of carbonyl (C=O) groups excluding carboxylic acids is 2. The predicted molar refractivity (Wildman–Crippen MR) is 78.6 cm³/mol. The molecule has 2 aliphatic rings. The molecule has 1 aromatic rings. The third-order valence-electron chi connectivity index (χ3n) is 3.96. The van der Waals surface area contributed by atoms with Crippen molar-refractivity contribution in [1.29, 1.82) is 0 Å². The number of nitrogens with one attached hydrogen (secondary N) is 1. The average molecular weight is 289 g/mol. The summed E-state index contributed by atoms with van der Waals surface area (Å²) < 4.78 is 5.64. The minimum atomic E-state index is -0.584. The number of nitrogens with zero attached hydrogens (tertiary/aromatic N) is 2. The first-order valence-electron chi connectivity index (χ1n) is 7.14. The summed E-state index contributed by atoms with van der Waals surface area (Å²) in [4.78, 5) is 28.4. The monoisotopic (exact) mass is 289 g/mol. The van der Waals surface area contributed by atoms with Gasteiger partial charge in [-0.2, -0.15) is 0 Å². The smallest absolute Gasteiger partial charge is 0.265 e. The second-order valence-corrected chi connectivity index (χ2v) is 5.53. The van der Waals surface area contributed by atoms with E-state index in [1.54, 1.807) is 25.1 Å². The van der Waals surface area contributed by atoms with Gasteiger partial charge in [-0.1, -0.05) is 6.07 Å². The van der Waals surface area contributed by atoms with Gasteiger partial charge in [0.25, 0.3) is 11.8 Å². The number of fused-ring (bicyclic) bond motifs is 1. The van der Waals surface area contributed by atoms with E-state index in [2.05, 4.69) is 10.2 Å². The molecule has 1 fully saturated rings. The van der Waals surface area contributed by atoms with Crippen LogP contribution in [0.15, 0.2) is 18.2 Å². The summed E-state index contributed by atoms with van der Waals surface area (Å²) in [7, 11) is 2.05. The van der Waals surface area contributed by atoms with E-state index >= 15 is 0 Å². The van der Waals surface area contributed by atoms with Gasteiger partial charge in [-0.15, -0.1) is 0 Å². The van der Waals surface area contributed by atoms with Crippen molar-refractivity contribution in [2.24, 2.45) is 0 Å². The summed E-state index contributed by atoms with van der Waals surface area (Å²) in [6.45, 7) is 4.83. The minimum Gasteiger partial charge on any atom is -0.478 e. The molecule has 0 radical (unpaired) electrons. The molecule has 0 aliphatic carbocycles. The Kier molecular flexibility index (Phi) is 3.55. The summed E-state index contributed by atoms with van der Waals surface area (Å²) in [5, 5.41) is 2.77. The number of para-hydroxylation sites is 1. The molecule has 6 nitrogen and oxygen atoms in total. The van der Waals surface area contributed by atoms with Gasteiger partial charge in [-0.25, -0.2) is 0 Å². The molecule has 1 aromatic carbocycles. The minimum absolute atomic E-state index is 0.0386. The Hall–Kier alpha value is -2.08. The van der Waals surface area contributed by atoms with Crippen molar-refractivity contribution in [2.75, 3.05) is 38.5 Å². The SMILES string of the molecule is CC1Oc2c(cccc2C(=O)N2CCN(C)CC2)NC1=O. The Balaban J connectivity index is 1.87. The number of benzene rings is 1. The molecule has 2 amide bonds. The zero-order valence-corrected chi connectivity index (χ0v) is 12.3. The van der Waals surface area contributed by atoms with Gasteiger partial charge in [-0.05, 0) is 26.1 Å². The highest BCUT2D eigenvalue weighted by Crippen LogP contribution is 2.34. The molecular formula is C15H19N3O3. The van der Waals surface area contributed by atoms with Gasteiger partial charge in [0.1, 0.15) is 0 Å². The first kappa shape index (κ1) is 13.9. The molecule has 1 atom stereocenters. The van der Waals surface area contributed by atoms with Crippen molar-refractivity contribution in [1.82, 2.24) is 9.80 Å². The van der Waals surface area contributed by atoms with Crippen LogP contribution >= 0.6 is 0 Å². The van der Waals surface area contributed by atoms with Gasteiger partial charge in [0.2, 0.25) is 0 Å². The summed E-state index contributed by atoms with van der Waals surface area (Å²) in [5.74, 6) is 0.253. The van der Waals surface area contributed by atoms with Crippen molar-refractivity contribution in [2.45, 2.75) is 13.0 Å². The van der Waals surface area contributed by atoms with E-state index < -0.39 is 6.10 Å². The third-order valence-corrected chi connectivity index (χ3v) is 3.96. The van der Waals surface area contributed by atoms with Crippen LogP contribution in [0.3, 0.4) is 0 Å². The number of hydrogen-bond acceptors (Lipinski definition) is 4. The second-order valence-electron chi connectivity index (χ2n) is 5.53. The summed E-state index contributed by atoms with van der Waals surface area (Å²) >= 11 is 0. The molecule has 2 heterocycles. The van der Waals surface area contributed by atoms with E-state index in [-0.39, 0.29) is 11.8 Å². The van der Waals surface area contributed by atoms with Crippen LogP contribution in [0.5, 0.6) is 5.75 Å². The first-order valence-corrected chi connectivity index (χ1v) is 7.14. The molecule has 0 aromatic heterocycles. The van der Waals surface area contributed by atoms with Crippen molar-refractivity contribution < 1.29 is 14.3 Å². The highest BCUT2D eigenvalue weighted by molar-refractivity contribution is 6.04. The Morgan fingerprint density at radius 1 is 1.29 bits per heavy atom. The van der Waals surface area contributed by atoms with Crippen LogP contribution in [0.4, 0.5) is 5.69 Å². The zero-order chi connectivity index (χ0) is 15.0. The molecule has 1 unspecified atom stereocenters. The summed E-state index contributed by atoms with van der Waals surface area (Å²) in [6.07, 6.45) is -0.584. The van der Waals surface area contributed by atoms with Gasteiger partial charge < -0.3 is 19.9 Å². The molecule has 3 rings (SSSR count). The number of ether oxygens (including phenoxy) is 1. The van der Waals surface area contributed by atoms with Gasteiger partial charge in [-0.3, -0.25) is 9.59 Å². The molecule has 0 bridgehead atoms. The maximum absolute atomic E-state index is 12.7. The normalized spacial score (nSPS) is 22.3. The molecule has 1 N–H and O–H groups in total. The first-order chi connectivity index (χ1) is 10.1. The number of rotatable bonds is 1. The molecule has 0 spiro atoms. The number of hydrogen-bond donors (Lipinski definition) is 1. The lowest BCUT2D eigenvalue weighted by atomic mass is 10.1.